The number of nitrogens with two attached hydrogens (primary N) is 1. The van der Waals surface area contributed by atoms with Crippen molar-refractivity contribution in [2.24, 2.45) is 11.7 Å². The largest absolute Gasteiger partial charge is 0.385 e. The zero-order valence-electron chi connectivity index (χ0n) is 22.6. The van der Waals surface area contributed by atoms with Gasteiger partial charge in [0.15, 0.2) is 0 Å². The lowest BCUT2D eigenvalue weighted by Gasteiger charge is -2.44. The zero-order chi connectivity index (χ0) is 28.0. The van der Waals surface area contributed by atoms with Crippen LogP contribution in [-0.4, -0.2) is 46.4 Å². The molecule has 0 bridgehead atoms. The SMILES string of the molecule is CC(=O)NCCCC(O)(c1cccc(Cl)c1-c1cccc(C)c1)C1CCCN(C(=O)c2ccc(CN)nc2)C1. The van der Waals surface area contributed by atoms with Crippen molar-refractivity contribution in [1.82, 2.24) is 15.2 Å². The van der Waals surface area contributed by atoms with E-state index in [1.165, 1.54) is 6.92 Å². The Kier molecular flexibility index (Phi) is 9.38. The molecule has 8 heteroatoms. The highest BCUT2D eigenvalue weighted by Crippen LogP contribution is 2.45. The highest BCUT2D eigenvalue weighted by Gasteiger charge is 2.43. The number of amides is 2. The molecule has 39 heavy (non-hydrogen) atoms. The molecule has 2 heterocycles. The number of aliphatic hydroxyl groups is 1. The molecule has 2 unspecified atom stereocenters. The molecule has 3 aromatic rings. The second-order valence-electron chi connectivity index (χ2n) is 10.4. The lowest BCUT2D eigenvalue weighted by atomic mass is 9.72. The molecule has 1 aliphatic heterocycles. The summed E-state index contributed by atoms with van der Waals surface area (Å²) >= 11 is 6.80. The third-order valence-corrected chi connectivity index (χ3v) is 7.88. The van der Waals surface area contributed by atoms with Crippen molar-refractivity contribution in [1.29, 1.82) is 0 Å². The number of nitrogens with one attached hydrogen (secondary N) is 1. The van der Waals surface area contributed by atoms with Gasteiger partial charge in [0.05, 0.1) is 16.9 Å². The Morgan fingerprint density at radius 1 is 1.21 bits per heavy atom. The smallest absolute Gasteiger partial charge is 0.255 e. The van der Waals surface area contributed by atoms with Crippen LogP contribution in [0.15, 0.2) is 60.8 Å². The maximum Gasteiger partial charge on any atom is 0.255 e. The Morgan fingerprint density at radius 3 is 2.69 bits per heavy atom. The van der Waals surface area contributed by atoms with E-state index < -0.39 is 5.60 Å². The van der Waals surface area contributed by atoms with Crippen molar-refractivity contribution in [3.63, 3.8) is 0 Å². The van der Waals surface area contributed by atoms with Gasteiger partial charge < -0.3 is 21.1 Å². The number of hydrogen-bond acceptors (Lipinski definition) is 5. The number of nitrogens with zero attached hydrogens (tertiary/aromatic N) is 2. The van der Waals surface area contributed by atoms with Gasteiger partial charge in [-0.1, -0.05) is 53.6 Å². The predicted molar refractivity (Wildman–Crippen MR) is 154 cm³/mol. The first-order chi connectivity index (χ1) is 18.7. The number of piperidine rings is 1. The molecule has 0 spiro atoms. The molecular weight excluding hydrogens is 512 g/mol. The maximum atomic E-state index is 13.4. The number of rotatable bonds is 9. The third-order valence-electron chi connectivity index (χ3n) is 7.56. The molecule has 2 amide bonds. The summed E-state index contributed by atoms with van der Waals surface area (Å²) in [5, 5.41) is 16.0. The Labute approximate surface area is 235 Å². The number of halogens is 1. The Morgan fingerprint density at radius 2 is 2.00 bits per heavy atom. The van der Waals surface area contributed by atoms with Crippen molar-refractivity contribution in [2.45, 2.75) is 51.7 Å². The number of hydrogen-bond donors (Lipinski definition) is 3. The quantitative estimate of drug-likeness (QED) is 0.332. The molecule has 7 nitrogen and oxygen atoms in total. The van der Waals surface area contributed by atoms with Crippen LogP contribution in [0.5, 0.6) is 0 Å². The van der Waals surface area contributed by atoms with E-state index in [1.807, 2.05) is 48.2 Å². The van der Waals surface area contributed by atoms with E-state index >= 15 is 0 Å². The summed E-state index contributed by atoms with van der Waals surface area (Å²) in [6, 6.07) is 17.3. The Balaban J connectivity index is 1.70. The van der Waals surface area contributed by atoms with Gasteiger partial charge in [-0.15, -0.1) is 0 Å². The number of benzene rings is 2. The normalized spacial score (nSPS) is 16.9. The number of pyridine rings is 1. The minimum absolute atomic E-state index is 0.106. The summed E-state index contributed by atoms with van der Waals surface area (Å²) in [6.45, 7) is 5.28. The average Bonchev–Trinajstić information content (AvgIpc) is 2.94. The van der Waals surface area contributed by atoms with E-state index in [4.69, 9.17) is 17.3 Å². The van der Waals surface area contributed by atoms with Crippen molar-refractivity contribution < 1.29 is 14.7 Å². The van der Waals surface area contributed by atoms with Gasteiger partial charge >= 0.3 is 0 Å². The van der Waals surface area contributed by atoms with Gasteiger partial charge in [0, 0.05) is 55.8 Å². The fourth-order valence-electron chi connectivity index (χ4n) is 5.57. The van der Waals surface area contributed by atoms with Gasteiger partial charge in [-0.2, -0.15) is 0 Å². The van der Waals surface area contributed by atoms with Crippen LogP contribution in [0.3, 0.4) is 0 Å². The molecule has 1 aliphatic rings. The van der Waals surface area contributed by atoms with Gasteiger partial charge in [-0.3, -0.25) is 14.6 Å². The molecule has 0 aliphatic carbocycles. The molecule has 1 saturated heterocycles. The van der Waals surface area contributed by atoms with Crippen LogP contribution in [0.4, 0.5) is 0 Å². The summed E-state index contributed by atoms with van der Waals surface area (Å²) in [6.07, 6.45) is 4.07. The molecule has 206 valence electrons. The van der Waals surface area contributed by atoms with E-state index in [-0.39, 0.29) is 17.7 Å². The molecule has 1 fully saturated rings. The number of aromatic nitrogens is 1. The Hall–Kier alpha value is -3.26. The zero-order valence-corrected chi connectivity index (χ0v) is 23.4. The van der Waals surface area contributed by atoms with Crippen LogP contribution in [0, 0.1) is 12.8 Å². The lowest BCUT2D eigenvalue weighted by molar-refractivity contribution is -0.119. The van der Waals surface area contributed by atoms with E-state index in [1.54, 1.807) is 18.3 Å². The predicted octanol–water partition coefficient (Wildman–Crippen LogP) is 4.83. The number of likely N-dealkylation sites (tertiary alicyclic amines) is 1. The van der Waals surface area contributed by atoms with Crippen molar-refractivity contribution in [2.75, 3.05) is 19.6 Å². The second-order valence-corrected chi connectivity index (χ2v) is 10.8. The van der Waals surface area contributed by atoms with Crippen LogP contribution < -0.4 is 11.1 Å². The molecule has 2 atom stereocenters. The van der Waals surface area contributed by atoms with Crippen LogP contribution in [0.2, 0.25) is 5.02 Å². The van der Waals surface area contributed by atoms with E-state index in [2.05, 4.69) is 16.4 Å². The summed E-state index contributed by atoms with van der Waals surface area (Å²) < 4.78 is 0. The molecule has 2 aromatic carbocycles. The van der Waals surface area contributed by atoms with Crippen LogP contribution >= 0.6 is 11.6 Å². The number of aryl methyl sites for hydroxylation is 1. The first kappa shape index (κ1) is 28.7. The number of carbonyl (C=O) groups excluding carboxylic acids is 2. The van der Waals surface area contributed by atoms with Gasteiger partial charge in [0.25, 0.3) is 5.91 Å². The molecule has 4 N–H and O–H groups in total. The maximum absolute atomic E-state index is 13.4. The lowest BCUT2D eigenvalue weighted by Crippen LogP contribution is -2.48. The van der Waals surface area contributed by atoms with E-state index in [0.29, 0.717) is 49.6 Å². The molecule has 0 radical (unpaired) electrons. The first-order valence-corrected chi connectivity index (χ1v) is 13.9. The fourth-order valence-corrected chi connectivity index (χ4v) is 5.85. The summed E-state index contributed by atoms with van der Waals surface area (Å²) in [5.41, 5.74) is 9.19. The molecule has 4 rings (SSSR count). The molecule has 1 aromatic heterocycles. The second kappa shape index (κ2) is 12.7. The van der Waals surface area contributed by atoms with Crippen molar-refractivity contribution in [3.8, 4) is 11.1 Å². The highest BCUT2D eigenvalue weighted by atomic mass is 35.5. The topological polar surface area (TPSA) is 109 Å². The monoisotopic (exact) mass is 548 g/mol. The molecular formula is C31H37ClN4O3. The van der Waals surface area contributed by atoms with Gasteiger partial charge in [0.2, 0.25) is 5.91 Å². The van der Waals surface area contributed by atoms with Gasteiger partial charge in [0.1, 0.15) is 0 Å². The van der Waals surface area contributed by atoms with Gasteiger partial charge in [-0.25, -0.2) is 0 Å². The summed E-state index contributed by atoms with van der Waals surface area (Å²) in [4.78, 5) is 31.0. The van der Waals surface area contributed by atoms with Crippen LogP contribution in [0.25, 0.3) is 11.1 Å². The fraction of sp³-hybridized carbons (Fsp3) is 0.387. The van der Waals surface area contributed by atoms with Gasteiger partial charge in [-0.05, 0) is 61.9 Å². The Bertz CT molecular complexity index is 1310. The minimum atomic E-state index is -1.27. The van der Waals surface area contributed by atoms with Crippen molar-refractivity contribution >= 4 is 23.4 Å². The van der Waals surface area contributed by atoms with Crippen molar-refractivity contribution in [3.05, 3.63) is 88.2 Å². The van der Waals surface area contributed by atoms with E-state index in [0.717, 1.165) is 40.8 Å². The van der Waals surface area contributed by atoms with E-state index in [9.17, 15) is 14.7 Å². The standard InChI is InChI=1S/C31H37ClN4O3/c1-21-7-3-8-23(17-21)29-27(10-4-11-28(29)32)31(39,14-6-15-34-22(2)37)25-9-5-16-36(20-25)30(38)24-12-13-26(18-33)35-19-24/h3-4,7-8,10-13,17,19,25,39H,5-6,9,14-16,18,20,33H2,1-2H3,(H,34,37). The summed E-state index contributed by atoms with van der Waals surface area (Å²) in [7, 11) is 0. The highest BCUT2D eigenvalue weighted by molar-refractivity contribution is 6.33. The summed E-state index contributed by atoms with van der Waals surface area (Å²) in [5.74, 6) is -0.447. The van der Waals surface area contributed by atoms with Crippen LogP contribution in [-0.2, 0) is 16.9 Å². The first-order valence-electron chi connectivity index (χ1n) is 13.5. The third kappa shape index (κ3) is 6.67. The number of carbonyl (C=O) groups is 2. The molecule has 0 saturated carbocycles. The van der Waals surface area contributed by atoms with Crippen LogP contribution in [0.1, 0.15) is 59.8 Å². The average molecular weight is 549 g/mol. The minimum Gasteiger partial charge on any atom is -0.385 e.